The van der Waals surface area contributed by atoms with Gasteiger partial charge in [-0.25, -0.2) is 0 Å². The molecule has 4 atom stereocenters. The maximum Gasteiger partial charge on any atom is 0.119 e. The molecule has 110 valence electrons. The van der Waals surface area contributed by atoms with E-state index < -0.39 is 0 Å². The van der Waals surface area contributed by atoms with Crippen molar-refractivity contribution < 1.29 is 4.74 Å². The minimum atomic E-state index is 0.369. The van der Waals surface area contributed by atoms with Crippen LogP contribution in [0.15, 0.2) is 22.7 Å². The van der Waals surface area contributed by atoms with E-state index >= 15 is 0 Å². The largest absolute Gasteiger partial charge is 0.497 e. The standard InChI is InChI=1S/C16H23BrN2O/c1-20-13-4-5-15(17)12(8-13)9-16(19-18)14-7-10-2-3-11(14)6-10/h4-5,8,10-11,14,16,19H,2-3,6-7,9,18H2,1H3. The third-order valence-electron chi connectivity index (χ3n) is 5.22. The van der Waals surface area contributed by atoms with Gasteiger partial charge in [0, 0.05) is 10.5 Å². The lowest BCUT2D eigenvalue weighted by Gasteiger charge is -2.30. The predicted octanol–water partition coefficient (Wildman–Crippen LogP) is 3.27. The van der Waals surface area contributed by atoms with Crippen molar-refractivity contribution in [1.82, 2.24) is 5.43 Å². The van der Waals surface area contributed by atoms with E-state index in [-0.39, 0.29) is 0 Å². The summed E-state index contributed by atoms with van der Waals surface area (Å²) in [4.78, 5) is 0. The predicted molar refractivity (Wildman–Crippen MR) is 84.4 cm³/mol. The molecule has 0 amide bonds. The quantitative estimate of drug-likeness (QED) is 0.639. The second-order valence-corrected chi connectivity index (χ2v) is 7.13. The fourth-order valence-corrected chi connectivity index (χ4v) is 4.60. The molecular weight excluding hydrogens is 316 g/mol. The second-order valence-electron chi connectivity index (χ2n) is 6.27. The zero-order valence-electron chi connectivity index (χ0n) is 11.9. The van der Waals surface area contributed by atoms with Crippen LogP contribution in [0.5, 0.6) is 5.75 Å². The molecule has 2 saturated carbocycles. The molecule has 2 fully saturated rings. The lowest BCUT2D eigenvalue weighted by atomic mass is 9.81. The van der Waals surface area contributed by atoms with E-state index in [2.05, 4.69) is 33.5 Å². The summed E-state index contributed by atoms with van der Waals surface area (Å²) >= 11 is 3.64. The number of hydrogen-bond acceptors (Lipinski definition) is 3. The molecule has 20 heavy (non-hydrogen) atoms. The van der Waals surface area contributed by atoms with E-state index in [0.717, 1.165) is 34.4 Å². The van der Waals surface area contributed by atoms with Crippen molar-refractivity contribution >= 4 is 15.9 Å². The van der Waals surface area contributed by atoms with Gasteiger partial charge in [-0.2, -0.15) is 0 Å². The SMILES string of the molecule is COc1ccc(Br)c(CC(NN)C2CC3CCC2C3)c1. The molecule has 3 N–H and O–H groups in total. The van der Waals surface area contributed by atoms with Crippen LogP contribution in [0.4, 0.5) is 0 Å². The Hall–Kier alpha value is -0.580. The lowest BCUT2D eigenvalue weighted by molar-refractivity contribution is 0.248. The number of halogens is 1. The number of benzene rings is 1. The van der Waals surface area contributed by atoms with Crippen LogP contribution in [-0.4, -0.2) is 13.2 Å². The molecule has 2 aliphatic rings. The summed E-state index contributed by atoms with van der Waals surface area (Å²) in [6.45, 7) is 0. The molecule has 2 bridgehead atoms. The minimum absolute atomic E-state index is 0.369. The van der Waals surface area contributed by atoms with Gasteiger partial charge in [-0.15, -0.1) is 0 Å². The van der Waals surface area contributed by atoms with Gasteiger partial charge < -0.3 is 4.74 Å². The molecular formula is C16H23BrN2O. The Morgan fingerprint density at radius 3 is 2.85 bits per heavy atom. The molecule has 2 aliphatic carbocycles. The van der Waals surface area contributed by atoms with Gasteiger partial charge in [0.2, 0.25) is 0 Å². The zero-order chi connectivity index (χ0) is 14.1. The number of nitrogens with one attached hydrogen (secondary N) is 1. The van der Waals surface area contributed by atoms with Gasteiger partial charge >= 0.3 is 0 Å². The number of hydrazine groups is 1. The van der Waals surface area contributed by atoms with Gasteiger partial charge in [-0.3, -0.25) is 11.3 Å². The smallest absolute Gasteiger partial charge is 0.119 e. The van der Waals surface area contributed by atoms with Crippen molar-refractivity contribution in [3.63, 3.8) is 0 Å². The fraction of sp³-hybridized carbons (Fsp3) is 0.625. The summed E-state index contributed by atoms with van der Waals surface area (Å²) in [5.41, 5.74) is 4.35. The van der Waals surface area contributed by atoms with Crippen LogP contribution in [0.25, 0.3) is 0 Å². The van der Waals surface area contributed by atoms with Crippen molar-refractivity contribution in [1.29, 1.82) is 0 Å². The average Bonchev–Trinajstić information content (AvgIpc) is 3.09. The van der Waals surface area contributed by atoms with E-state index in [4.69, 9.17) is 10.6 Å². The number of fused-ring (bicyclic) bond motifs is 2. The van der Waals surface area contributed by atoms with E-state index in [1.54, 1.807) is 7.11 Å². The van der Waals surface area contributed by atoms with Crippen molar-refractivity contribution in [2.75, 3.05) is 7.11 Å². The number of hydrogen-bond donors (Lipinski definition) is 2. The van der Waals surface area contributed by atoms with Crippen LogP contribution in [0.3, 0.4) is 0 Å². The average molecular weight is 339 g/mol. The van der Waals surface area contributed by atoms with Gasteiger partial charge in [0.05, 0.1) is 7.11 Å². The molecule has 4 unspecified atom stereocenters. The maximum atomic E-state index is 5.86. The number of ether oxygens (including phenoxy) is 1. The second kappa shape index (κ2) is 6.04. The van der Waals surface area contributed by atoms with Crippen molar-refractivity contribution in [3.8, 4) is 5.75 Å². The molecule has 0 aliphatic heterocycles. The summed E-state index contributed by atoms with van der Waals surface area (Å²) in [7, 11) is 1.71. The van der Waals surface area contributed by atoms with Crippen LogP contribution in [0.1, 0.15) is 31.2 Å². The van der Waals surface area contributed by atoms with E-state index in [1.165, 1.54) is 31.2 Å². The highest BCUT2D eigenvalue weighted by atomic mass is 79.9. The topological polar surface area (TPSA) is 47.3 Å². The Labute approximate surface area is 129 Å². The van der Waals surface area contributed by atoms with Crippen molar-refractivity contribution in [3.05, 3.63) is 28.2 Å². The molecule has 3 rings (SSSR count). The molecule has 0 spiro atoms. The van der Waals surface area contributed by atoms with Crippen molar-refractivity contribution in [2.24, 2.45) is 23.6 Å². The molecule has 0 aromatic heterocycles. The first kappa shape index (κ1) is 14.4. The Morgan fingerprint density at radius 2 is 2.25 bits per heavy atom. The van der Waals surface area contributed by atoms with Gasteiger partial charge in [0.25, 0.3) is 0 Å². The van der Waals surface area contributed by atoms with E-state index in [0.29, 0.717) is 6.04 Å². The summed E-state index contributed by atoms with van der Waals surface area (Å²) in [5.74, 6) is 9.33. The Balaban J connectivity index is 1.74. The van der Waals surface area contributed by atoms with E-state index in [9.17, 15) is 0 Å². The van der Waals surface area contributed by atoms with Crippen LogP contribution in [-0.2, 0) is 6.42 Å². The van der Waals surface area contributed by atoms with Crippen LogP contribution >= 0.6 is 15.9 Å². The molecule has 1 aromatic rings. The fourth-order valence-electron chi connectivity index (χ4n) is 4.19. The van der Waals surface area contributed by atoms with Crippen molar-refractivity contribution in [2.45, 2.75) is 38.1 Å². The Kier molecular flexibility index (Phi) is 4.34. The molecule has 0 saturated heterocycles. The number of methoxy groups -OCH3 is 1. The van der Waals surface area contributed by atoms with Gasteiger partial charge in [0.15, 0.2) is 0 Å². The first-order valence-corrected chi connectivity index (χ1v) is 8.29. The summed E-state index contributed by atoms with van der Waals surface area (Å²) < 4.78 is 6.47. The summed E-state index contributed by atoms with van der Waals surface area (Å²) in [6, 6.07) is 6.52. The third kappa shape index (κ3) is 2.74. The third-order valence-corrected chi connectivity index (χ3v) is 5.99. The molecule has 0 heterocycles. The molecule has 4 heteroatoms. The first-order chi connectivity index (χ1) is 9.71. The highest BCUT2D eigenvalue weighted by Gasteiger charge is 2.42. The Bertz CT molecular complexity index is 480. The van der Waals surface area contributed by atoms with Crippen LogP contribution in [0, 0.1) is 17.8 Å². The maximum absolute atomic E-state index is 5.86. The molecule has 3 nitrogen and oxygen atoms in total. The minimum Gasteiger partial charge on any atom is -0.497 e. The highest BCUT2D eigenvalue weighted by molar-refractivity contribution is 9.10. The first-order valence-electron chi connectivity index (χ1n) is 7.49. The Morgan fingerprint density at radius 1 is 1.40 bits per heavy atom. The van der Waals surface area contributed by atoms with Crippen LogP contribution in [0.2, 0.25) is 0 Å². The van der Waals surface area contributed by atoms with Gasteiger partial charge in [-0.05, 0) is 67.2 Å². The normalized spacial score (nSPS) is 29.6. The van der Waals surface area contributed by atoms with E-state index in [1.807, 2.05) is 6.07 Å². The van der Waals surface area contributed by atoms with Gasteiger partial charge in [0.1, 0.15) is 5.75 Å². The highest BCUT2D eigenvalue weighted by Crippen LogP contribution is 2.50. The molecule has 0 radical (unpaired) electrons. The number of rotatable bonds is 5. The molecule has 1 aromatic carbocycles. The summed E-state index contributed by atoms with van der Waals surface area (Å²) in [5, 5.41) is 0. The summed E-state index contributed by atoms with van der Waals surface area (Å²) in [6.07, 6.45) is 6.56. The number of nitrogens with two attached hydrogens (primary N) is 1. The monoisotopic (exact) mass is 338 g/mol. The zero-order valence-corrected chi connectivity index (χ0v) is 13.5. The van der Waals surface area contributed by atoms with Gasteiger partial charge in [-0.1, -0.05) is 22.4 Å². The van der Waals surface area contributed by atoms with Crippen LogP contribution < -0.4 is 16.0 Å². The lowest BCUT2D eigenvalue weighted by Crippen LogP contribution is -2.44.